The molecule has 0 fully saturated rings. The molecule has 0 atom stereocenters. The highest BCUT2D eigenvalue weighted by molar-refractivity contribution is 9.10. The Kier molecular flexibility index (Phi) is 8.32. The van der Waals surface area contributed by atoms with Crippen molar-refractivity contribution in [2.45, 2.75) is 6.61 Å². The number of nitrogens with one attached hydrogen (secondary N) is 1. The maximum Gasteiger partial charge on any atom is 0.337 e. The summed E-state index contributed by atoms with van der Waals surface area (Å²) >= 11 is 3.37. The van der Waals surface area contributed by atoms with Gasteiger partial charge in [0.25, 0.3) is 11.6 Å². The van der Waals surface area contributed by atoms with E-state index < -0.39 is 16.8 Å². The molecule has 1 amide bonds. The summed E-state index contributed by atoms with van der Waals surface area (Å²) in [6, 6.07) is 19.0. The zero-order valence-electron chi connectivity index (χ0n) is 18.4. The Balaban J connectivity index is 1.77. The van der Waals surface area contributed by atoms with E-state index in [1.165, 1.54) is 49.6 Å². The summed E-state index contributed by atoms with van der Waals surface area (Å²) in [5.41, 5.74) is 1.72. The molecule has 0 saturated heterocycles. The van der Waals surface area contributed by atoms with Crippen molar-refractivity contribution in [3.05, 3.63) is 104 Å². The number of methoxy groups -OCH3 is 1. The predicted octanol–water partition coefficient (Wildman–Crippen LogP) is 5.27. The summed E-state index contributed by atoms with van der Waals surface area (Å²) in [5, 5.41) is 23.0. The molecule has 0 bridgehead atoms. The Morgan fingerprint density at radius 2 is 1.80 bits per heavy atom. The predicted molar refractivity (Wildman–Crippen MR) is 132 cm³/mol. The van der Waals surface area contributed by atoms with Gasteiger partial charge in [-0.3, -0.25) is 14.9 Å². The second-order valence-electron chi connectivity index (χ2n) is 7.09. The van der Waals surface area contributed by atoms with Crippen LogP contribution in [0.15, 0.2) is 76.8 Å². The molecule has 0 aliphatic carbocycles. The third-order valence-electron chi connectivity index (χ3n) is 4.74. The topological polar surface area (TPSA) is 132 Å². The van der Waals surface area contributed by atoms with Crippen molar-refractivity contribution in [2.24, 2.45) is 0 Å². The van der Waals surface area contributed by atoms with E-state index >= 15 is 0 Å². The average Bonchev–Trinajstić information content (AvgIpc) is 2.86. The van der Waals surface area contributed by atoms with Crippen molar-refractivity contribution in [1.82, 2.24) is 0 Å². The summed E-state index contributed by atoms with van der Waals surface area (Å²) in [6.45, 7) is 0.126. The number of ether oxygens (including phenoxy) is 2. The number of nitro groups is 1. The molecular weight excluding hydrogens is 518 g/mol. The van der Waals surface area contributed by atoms with Gasteiger partial charge in [0.1, 0.15) is 24.0 Å². The molecule has 0 spiro atoms. The summed E-state index contributed by atoms with van der Waals surface area (Å²) in [5.74, 6) is -0.731. The van der Waals surface area contributed by atoms with Crippen LogP contribution >= 0.6 is 15.9 Å². The van der Waals surface area contributed by atoms with E-state index in [1.54, 1.807) is 30.3 Å². The fourth-order valence-corrected chi connectivity index (χ4v) is 3.33. The molecule has 3 aromatic rings. The van der Waals surface area contributed by atoms with Gasteiger partial charge in [0, 0.05) is 27.9 Å². The quantitative estimate of drug-likeness (QED) is 0.136. The number of hydrogen-bond acceptors (Lipinski definition) is 7. The van der Waals surface area contributed by atoms with Gasteiger partial charge in [-0.25, -0.2) is 4.79 Å². The molecule has 0 heterocycles. The van der Waals surface area contributed by atoms with E-state index in [0.717, 1.165) is 0 Å². The number of benzene rings is 3. The molecule has 35 heavy (non-hydrogen) atoms. The molecular formula is C25H18BrN3O6. The second kappa shape index (κ2) is 11.6. The van der Waals surface area contributed by atoms with E-state index in [0.29, 0.717) is 32.6 Å². The standard InChI is InChI=1S/C25H18BrN3O6/c1-34-25(31)17-4-7-21(8-5-17)28-24(30)19(14-27)12-18-13-20(26)6-11-23(18)35-15-16-2-9-22(10-3-16)29(32)33/h2-13H,15H2,1H3,(H,28,30). The van der Waals surface area contributed by atoms with Crippen LogP contribution in [-0.4, -0.2) is 23.9 Å². The monoisotopic (exact) mass is 535 g/mol. The van der Waals surface area contributed by atoms with Gasteiger partial charge < -0.3 is 14.8 Å². The fraction of sp³-hybridized carbons (Fsp3) is 0.0800. The first kappa shape index (κ1) is 25.1. The molecule has 3 rings (SSSR count). The van der Waals surface area contributed by atoms with Crippen LogP contribution in [0.2, 0.25) is 0 Å². The number of halogens is 1. The molecule has 0 aliphatic rings. The third kappa shape index (κ3) is 6.75. The van der Waals surface area contributed by atoms with E-state index in [-0.39, 0.29) is 17.9 Å². The number of rotatable bonds is 8. The maximum absolute atomic E-state index is 12.7. The van der Waals surface area contributed by atoms with E-state index in [2.05, 4.69) is 26.0 Å². The number of hydrogen-bond donors (Lipinski definition) is 1. The molecule has 10 heteroatoms. The Morgan fingerprint density at radius 3 is 2.40 bits per heavy atom. The van der Waals surface area contributed by atoms with Gasteiger partial charge in [0.2, 0.25) is 0 Å². The first-order valence-electron chi connectivity index (χ1n) is 10.1. The lowest BCUT2D eigenvalue weighted by atomic mass is 10.1. The molecule has 0 radical (unpaired) electrons. The Hall–Kier alpha value is -4.49. The van der Waals surface area contributed by atoms with Gasteiger partial charge in [-0.15, -0.1) is 0 Å². The zero-order valence-corrected chi connectivity index (χ0v) is 19.9. The minimum absolute atomic E-state index is 0.0226. The van der Waals surface area contributed by atoms with Crippen LogP contribution in [0.3, 0.4) is 0 Å². The number of anilines is 1. The van der Waals surface area contributed by atoms with Crippen LogP contribution in [0.25, 0.3) is 6.08 Å². The minimum Gasteiger partial charge on any atom is -0.488 e. The molecule has 176 valence electrons. The highest BCUT2D eigenvalue weighted by atomic mass is 79.9. The minimum atomic E-state index is -0.639. The van der Waals surface area contributed by atoms with Crippen LogP contribution < -0.4 is 10.1 Å². The van der Waals surface area contributed by atoms with Crippen LogP contribution in [0.5, 0.6) is 5.75 Å². The zero-order chi connectivity index (χ0) is 25.4. The van der Waals surface area contributed by atoms with E-state index in [9.17, 15) is 25.0 Å². The SMILES string of the molecule is COC(=O)c1ccc(NC(=O)C(C#N)=Cc2cc(Br)ccc2OCc2ccc([N+](=O)[O-])cc2)cc1. The number of nitrogens with zero attached hydrogens (tertiary/aromatic N) is 2. The van der Waals surface area contributed by atoms with Crippen molar-refractivity contribution in [2.75, 3.05) is 12.4 Å². The lowest BCUT2D eigenvalue weighted by Crippen LogP contribution is -2.13. The summed E-state index contributed by atoms with van der Waals surface area (Å²) < 4.78 is 11.2. The average molecular weight is 536 g/mol. The maximum atomic E-state index is 12.7. The summed E-state index contributed by atoms with van der Waals surface area (Å²) in [4.78, 5) is 34.6. The van der Waals surface area contributed by atoms with Crippen molar-refractivity contribution >= 4 is 45.3 Å². The molecule has 0 unspecified atom stereocenters. The number of carbonyl (C=O) groups excluding carboxylic acids is 2. The second-order valence-corrected chi connectivity index (χ2v) is 8.00. The lowest BCUT2D eigenvalue weighted by molar-refractivity contribution is -0.384. The van der Waals surface area contributed by atoms with Crippen molar-refractivity contribution in [3.63, 3.8) is 0 Å². The molecule has 9 nitrogen and oxygen atoms in total. The van der Waals surface area contributed by atoms with Crippen molar-refractivity contribution < 1.29 is 24.0 Å². The number of nitriles is 1. The van der Waals surface area contributed by atoms with Crippen molar-refractivity contribution in [3.8, 4) is 11.8 Å². The number of carbonyl (C=O) groups is 2. The Bertz CT molecular complexity index is 1330. The molecule has 0 aliphatic heterocycles. The molecule has 0 aromatic heterocycles. The number of amides is 1. The highest BCUT2D eigenvalue weighted by Crippen LogP contribution is 2.27. The summed E-state index contributed by atoms with van der Waals surface area (Å²) in [6.07, 6.45) is 1.40. The van der Waals surface area contributed by atoms with Gasteiger partial charge in [-0.05, 0) is 66.2 Å². The van der Waals surface area contributed by atoms with Crippen molar-refractivity contribution in [1.29, 1.82) is 5.26 Å². The molecule has 0 saturated carbocycles. The largest absolute Gasteiger partial charge is 0.488 e. The molecule has 3 aromatic carbocycles. The Morgan fingerprint density at radius 1 is 1.11 bits per heavy atom. The first-order chi connectivity index (χ1) is 16.8. The van der Waals surface area contributed by atoms with Gasteiger partial charge >= 0.3 is 5.97 Å². The number of esters is 1. The molecule has 1 N–H and O–H groups in total. The van der Waals surface area contributed by atoms with Crippen LogP contribution in [0.4, 0.5) is 11.4 Å². The van der Waals surface area contributed by atoms with Gasteiger partial charge in [-0.2, -0.15) is 5.26 Å². The van der Waals surface area contributed by atoms with Crippen LogP contribution in [-0.2, 0) is 16.1 Å². The van der Waals surface area contributed by atoms with Gasteiger partial charge in [-0.1, -0.05) is 15.9 Å². The fourth-order valence-electron chi connectivity index (χ4n) is 2.95. The normalized spacial score (nSPS) is 10.7. The number of non-ortho nitro benzene ring substituents is 1. The Labute approximate surface area is 208 Å². The van der Waals surface area contributed by atoms with Crippen LogP contribution in [0.1, 0.15) is 21.5 Å². The third-order valence-corrected chi connectivity index (χ3v) is 5.24. The van der Waals surface area contributed by atoms with Gasteiger partial charge in [0.05, 0.1) is 17.6 Å². The van der Waals surface area contributed by atoms with Gasteiger partial charge in [0.15, 0.2) is 0 Å². The van der Waals surface area contributed by atoms with E-state index in [4.69, 9.17) is 4.74 Å². The van der Waals surface area contributed by atoms with Crippen LogP contribution in [0, 0.1) is 21.4 Å². The lowest BCUT2D eigenvalue weighted by Gasteiger charge is -2.11. The number of nitro benzene ring substituents is 1. The summed E-state index contributed by atoms with van der Waals surface area (Å²) in [7, 11) is 1.27. The highest BCUT2D eigenvalue weighted by Gasteiger charge is 2.13. The smallest absolute Gasteiger partial charge is 0.337 e. The first-order valence-corrected chi connectivity index (χ1v) is 10.9. The van der Waals surface area contributed by atoms with E-state index in [1.807, 2.05) is 6.07 Å².